The molecule has 68 valence electrons. The molecule has 1 aliphatic carbocycles. The van der Waals surface area contributed by atoms with Gasteiger partial charge in [0.1, 0.15) is 11.5 Å². The van der Waals surface area contributed by atoms with Gasteiger partial charge < -0.3 is 4.42 Å². The van der Waals surface area contributed by atoms with Crippen molar-refractivity contribution in [2.45, 2.75) is 18.7 Å². The first-order chi connectivity index (χ1) is 6.25. The predicted octanol–water partition coefficient (Wildman–Crippen LogP) is 3.54. The number of hydrogen-bond donors (Lipinski definition) is 0. The minimum atomic E-state index is 0.139. The summed E-state index contributed by atoms with van der Waals surface area (Å²) in [6.45, 7) is 1.95. The van der Waals surface area contributed by atoms with Crippen molar-refractivity contribution in [3.8, 4) is 0 Å². The third-order valence-electron chi connectivity index (χ3n) is 2.07. The lowest BCUT2D eigenvalue weighted by Crippen LogP contribution is -1.96. The van der Waals surface area contributed by atoms with E-state index in [9.17, 15) is 0 Å². The molecule has 0 spiro atoms. The largest absolute Gasteiger partial charge is 0.461 e. The SMILES string of the molecule is Cc1ccc(C2=CCC(Cl)C=C2)o1. The number of halogens is 1. The molecule has 0 aliphatic heterocycles. The highest BCUT2D eigenvalue weighted by Gasteiger charge is 2.08. The number of rotatable bonds is 1. The van der Waals surface area contributed by atoms with Crippen LogP contribution in [-0.2, 0) is 0 Å². The van der Waals surface area contributed by atoms with Gasteiger partial charge in [0.25, 0.3) is 0 Å². The minimum absolute atomic E-state index is 0.139. The zero-order valence-corrected chi connectivity index (χ0v) is 8.21. The molecule has 13 heavy (non-hydrogen) atoms. The Bertz CT molecular complexity index is 360. The molecule has 0 amide bonds. The quantitative estimate of drug-likeness (QED) is 0.624. The van der Waals surface area contributed by atoms with Gasteiger partial charge in [0.15, 0.2) is 0 Å². The first-order valence-electron chi connectivity index (χ1n) is 4.35. The molecule has 1 nitrogen and oxygen atoms in total. The van der Waals surface area contributed by atoms with E-state index in [1.807, 2.05) is 31.2 Å². The first kappa shape index (κ1) is 8.64. The Kier molecular flexibility index (Phi) is 2.28. The summed E-state index contributed by atoms with van der Waals surface area (Å²) in [5.74, 6) is 1.87. The number of alkyl halides is 1. The summed E-state index contributed by atoms with van der Waals surface area (Å²) in [6.07, 6.45) is 7.00. The maximum absolute atomic E-state index is 5.91. The fraction of sp³-hybridized carbons (Fsp3) is 0.273. The van der Waals surface area contributed by atoms with Crippen LogP contribution in [-0.4, -0.2) is 5.38 Å². The molecule has 0 saturated heterocycles. The zero-order chi connectivity index (χ0) is 9.26. The average Bonchev–Trinajstić information content (AvgIpc) is 2.53. The van der Waals surface area contributed by atoms with Crippen molar-refractivity contribution < 1.29 is 4.42 Å². The second kappa shape index (κ2) is 3.43. The normalized spacial score (nSPS) is 21.7. The van der Waals surface area contributed by atoms with Gasteiger partial charge in [-0.15, -0.1) is 11.6 Å². The van der Waals surface area contributed by atoms with Crippen LogP contribution in [0.1, 0.15) is 17.9 Å². The third kappa shape index (κ3) is 1.86. The van der Waals surface area contributed by atoms with E-state index < -0.39 is 0 Å². The molecule has 1 aromatic rings. The van der Waals surface area contributed by atoms with Crippen LogP contribution >= 0.6 is 11.6 Å². The smallest absolute Gasteiger partial charge is 0.133 e. The van der Waals surface area contributed by atoms with Gasteiger partial charge >= 0.3 is 0 Å². The fourth-order valence-electron chi connectivity index (χ4n) is 1.37. The number of aryl methyl sites for hydroxylation is 1. The molecule has 1 aromatic heterocycles. The molecule has 0 radical (unpaired) electrons. The van der Waals surface area contributed by atoms with E-state index in [2.05, 4.69) is 6.08 Å². The van der Waals surface area contributed by atoms with E-state index in [1.165, 1.54) is 0 Å². The molecular weight excluding hydrogens is 184 g/mol. The fourth-order valence-corrected chi connectivity index (χ4v) is 1.53. The van der Waals surface area contributed by atoms with E-state index >= 15 is 0 Å². The summed E-state index contributed by atoms with van der Waals surface area (Å²) in [5.41, 5.74) is 1.13. The number of allylic oxidation sites excluding steroid dienone is 4. The Hall–Kier alpha value is -0.950. The summed E-state index contributed by atoms with van der Waals surface area (Å²) in [5, 5.41) is 0.139. The maximum atomic E-state index is 5.91. The van der Waals surface area contributed by atoms with Crippen molar-refractivity contribution >= 4 is 17.2 Å². The topological polar surface area (TPSA) is 13.1 Å². The molecule has 0 saturated carbocycles. The molecule has 0 aromatic carbocycles. The van der Waals surface area contributed by atoms with E-state index in [4.69, 9.17) is 16.0 Å². The van der Waals surface area contributed by atoms with Crippen molar-refractivity contribution in [1.29, 1.82) is 0 Å². The molecule has 0 bridgehead atoms. The van der Waals surface area contributed by atoms with Gasteiger partial charge in [0, 0.05) is 5.57 Å². The first-order valence-corrected chi connectivity index (χ1v) is 4.78. The van der Waals surface area contributed by atoms with Crippen LogP contribution in [0.5, 0.6) is 0 Å². The molecule has 2 heteroatoms. The van der Waals surface area contributed by atoms with Crippen molar-refractivity contribution in [3.63, 3.8) is 0 Å². The molecule has 1 atom stereocenters. The number of furan rings is 1. The van der Waals surface area contributed by atoms with Crippen LogP contribution in [0.2, 0.25) is 0 Å². The van der Waals surface area contributed by atoms with Crippen LogP contribution in [0.25, 0.3) is 5.57 Å². The van der Waals surface area contributed by atoms with Gasteiger partial charge in [-0.05, 0) is 25.5 Å². The van der Waals surface area contributed by atoms with Gasteiger partial charge in [-0.25, -0.2) is 0 Å². The maximum Gasteiger partial charge on any atom is 0.133 e. The highest BCUT2D eigenvalue weighted by molar-refractivity contribution is 6.22. The van der Waals surface area contributed by atoms with E-state index in [1.54, 1.807) is 0 Å². The van der Waals surface area contributed by atoms with Crippen LogP contribution in [0, 0.1) is 6.92 Å². The molecule has 1 unspecified atom stereocenters. The Morgan fingerprint density at radius 2 is 2.31 bits per heavy atom. The standard InChI is InChI=1S/C11H11ClO/c1-8-2-7-11(13-8)9-3-5-10(12)6-4-9/h2-5,7,10H,6H2,1H3. The monoisotopic (exact) mass is 194 g/mol. The van der Waals surface area contributed by atoms with Crippen molar-refractivity contribution in [2.24, 2.45) is 0 Å². The highest BCUT2D eigenvalue weighted by atomic mass is 35.5. The Labute approximate surface area is 82.7 Å². The van der Waals surface area contributed by atoms with E-state index in [0.29, 0.717) is 0 Å². The lowest BCUT2D eigenvalue weighted by atomic mass is 10.1. The highest BCUT2D eigenvalue weighted by Crippen LogP contribution is 2.24. The van der Waals surface area contributed by atoms with Crippen LogP contribution in [0.15, 0.2) is 34.8 Å². The van der Waals surface area contributed by atoms with Crippen LogP contribution < -0.4 is 0 Å². The van der Waals surface area contributed by atoms with Gasteiger partial charge in [0.05, 0.1) is 5.38 Å². The molecular formula is C11H11ClO. The molecule has 0 N–H and O–H groups in total. The van der Waals surface area contributed by atoms with Gasteiger partial charge in [-0.2, -0.15) is 0 Å². The molecule has 1 heterocycles. The van der Waals surface area contributed by atoms with Crippen molar-refractivity contribution in [3.05, 3.63) is 41.9 Å². The summed E-state index contributed by atoms with van der Waals surface area (Å²) in [4.78, 5) is 0. The second-order valence-electron chi connectivity index (χ2n) is 3.18. The van der Waals surface area contributed by atoms with E-state index in [0.717, 1.165) is 23.5 Å². The third-order valence-corrected chi connectivity index (χ3v) is 2.40. The minimum Gasteiger partial charge on any atom is -0.461 e. The zero-order valence-electron chi connectivity index (χ0n) is 7.46. The summed E-state index contributed by atoms with van der Waals surface area (Å²) >= 11 is 5.91. The molecule has 2 rings (SSSR count). The van der Waals surface area contributed by atoms with Crippen molar-refractivity contribution in [2.75, 3.05) is 0 Å². The van der Waals surface area contributed by atoms with Gasteiger partial charge in [-0.3, -0.25) is 0 Å². The van der Waals surface area contributed by atoms with E-state index in [-0.39, 0.29) is 5.38 Å². The Morgan fingerprint density at radius 1 is 1.46 bits per heavy atom. The summed E-state index contributed by atoms with van der Waals surface area (Å²) in [6, 6.07) is 3.96. The summed E-state index contributed by atoms with van der Waals surface area (Å²) in [7, 11) is 0. The van der Waals surface area contributed by atoms with Crippen LogP contribution in [0.3, 0.4) is 0 Å². The van der Waals surface area contributed by atoms with Gasteiger partial charge in [0.2, 0.25) is 0 Å². The lowest BCUT2D eigenvalue weighted by Gasteiger charge is -2.07. The molecule has 0 fully saturated rings. The average molecular weight is 195 g/mol. The predicted molar refractivity (Wildman–Crippen MR) is 54.8 cm³/mol. The Balaban J connectivity index is 2.24. The Morgan fingerprint density at radius 3 is 2.85 bits per heavy atom. The number of hydrogen-bond acceptors (Lipinski definition) is 1. The van der Waals surface area contributed by atoms with Crippen molar-refractivity contribution in [1.82, 2.24) is 0 Å². The van der Waals surface area contributed by atoms with Gasteiger partial charge in [-0.1, -0.05) is 18.2 Å². The second-order valence-corrected chi connectivity index (χ2v) is 3.74. The summed E-state index contributed by atoms with van der Waals surface area (Å²) < 4.78 is 5.50. The van der Waals surface area contributed by atoms with Crippen LogP contribution in [0.4, 0.5) is 0 Å². The molecule has 1 aliphatic rings. The lowest BCUT2D eigenvalue weighted by molar-refractivity contribution is 0.522.